The number of hydrazine groups is 1. The van der Waals surface area contributed by atoms with E-state index in [4.69, 9.17) is 13.9 Å². The van der Waals surface area contributed by atoms with Gasteiger partial charge in [-0.3, -0.25) is 20.4 Å². The molecule has 0 aliphatic heterocycles. The minimum atomic E-state index is -0.463. The molecule has 3 aromatic carbocycles. The van der Waals surface area contributed by atoms with E-state index in [9.17, 15) is 9.59 Å². The van der Waals surface area contributed by atoms with Crippen LogP contribution in [0, 0.1) is 0 Å². The molecule has 0 radical (unpaired) electrons. The molecular formula is C25H24N2O5. The average molecular weight is 432 g/mol. The van der Waals surface area contributed by atoms with Crippen molar-refractivity contribution in [3.8, 4) is 11.5 Å². The first-order valence-electron chi connectivity index (χ1n) is 10.3. The summed E-state index contributed by atoms with van der Waals surface area (Å²) in [7, 11) is 1.50. The molecule has 0 saturated heterocycles. The van der Waals surface area contributed by atoms with Crippen LogP contribution in [-0.4, -0.2) is 25.0 Å². The summed E-state index contributed by atoms with van der Waals surface area (Å²) in [5, 5.41) is 2.98. The van der Waals surface area contributed by atoms with Crippen molar-refractivity contribution in [2.45, 2.75) is 26.4 Å². The zero-order valence-corrected chi connectivity index (χ0v) is 18.1. The third kappa shape index (κ3) is 4.37. The molecule has 164 valence electrons. The van der Waals surface area contributed by atoms with Crippen molar-refractivity contribution in [3.05, 3.63) is 72.0 Å². The van der Waals surface area contributed by atoms with E-state index in [0.717, 1.165) is 21.7 Å². The highest BCUT2D eigenvalue weighted by Crippen LogP contribution is 2.30. The van der Waals surface area contributed by atoms with Gasteiger partial charge in [-0.1, -0.05) is 30.3 Å². The van der Waals surface area contributed by atoms with Crippen LogP contribution in [0.25, 0.3) is 21.7 Å². The molecule has 7 heteroatoms. The van der Waals surface area contributed by atoms with Crippen molar-refractivity contribution in [3.63, 3.8) is 0 Å². The van der Waals surface area contributed by atoms with Gasteiger partial charge in [0.15, 0.2) is 11.5 Å². The summed E-state index contributed by atoms with van der Waals surface area (Å²) >= 11 is 0. The molecule has 4 rings (SSSR count). The van der Waals surface area contributed by atoms with Gasteiger partial charge in [-0.2, -0.15) is 0 Å². The Labute approximate surface area is 185 Å². The molecule has 0 bridgehead atoms. The zero-order chi connectivity index (χ0) is 22.7. The lowest BCUT2D eigenvalue weighted by atomic mass is 10.0. The summed E-state index contributed by atoms with van der Waals surface area (Å²) in [5.74, 6) is 0.160. The number of methoxy groups -OCH3 is 1. The van der Waals surface area contributed by atoms with Gasteiger partial charge in [-0.15, -0.1) is 0 Å². The number of benzene rings is 3. The van der Waals surface area contributed by atoms with Crippen molar-refractivity contribution in [1.82, 2.24) is 10.9 Å². The molecule has 7 nitrogen and oxygen atoms in total. The van der Waals surface area contributed by atoms with E-state index >= 15 is 0 Å². The number of furan rings is 1. The summed E-state index contributed by atoms with van der Waals surface area (Å²) in [6.45, 7) is 3.81. The number of amides is 2. The molecule has 0 saturated carbocycles. The smallest absolute Gasteiger partial charge is 0.269 e. The minimum absolute atomic E-state index is 0.0287. The van der Waals surface area contributed by atoms with Gasteiger partial charge in [-0.05, 0) is 48.9 Å². The maximum absolute atomic E-state index is 12.5. The minimum Gasteiger partial charge on any atom is -0.493 e. The molecule has 4 aromatic rings. The molecule has 32 heavy (non-hydrogen) atoms. The van der Waals surface area contributed by atoms with Crippen LogP contribution in [0.1, 0.15) is 29.8 Å². The summed E-state index contributed by atoms with van der Waals surface area (Å²) in [6.07, 6.45) is 1.61. The van der Waals surface area contributed by atoms with Crippen LogP contribution in [0.15, 0.2) is 65.3 Å². The fraction of sp³-hybridized carbons (Fsp3) is 0.200. The van der Waals surface area contributed by atoms with Crippen molar-refractivity contribution >= 4 is 33.6 Å². The quantitative estimate of drug-likeness (QED) is 0.441. The number of fused-ring (bicyclic) bond motifs is 3. The number of carbonyl (C=O) groups excluding carboxylic acids is 2. The number of hydrogen-bond donors (Lipinski definition) is 2. The Morgan fingerprint density at radius 1 is 1.00 bits per heavy atom. The standard InChI is InChI=1S/C25H24N2O5/c1-15(2)32-20-10-9-17(12-22(20)30-3)25(29)27-26-23(28)13-18-14-31-21-11-8-16-6-4-5-7-19(16)24(18)21/h4-12,14-15H,13H2,1-3H3,(H,26,28)(H,27,29). The second-order valence-electron chi connectivity index (χ2n) is 7.63. The maximum Gasteiger partial charge on any atom is 0.269 e. The lowest BCUT2D eigenvalue weighted by Gasteiger charge is -2.14. The normalized spacial score (nSPS) is 11.0. The van der Waals surface area contributed by atoms with Gasteiger partial charge in [0.05, 0.1) is 25.9 Å². The van der Waals surface area contributed by atoms with Crippen molar-refractivity contribution < 1.29 is 23.5 Å². The van der Waals surface area contributed by atoms with Gasteiger partial charge >= 0.3 is 0 Å². The van der Waals surface area contributed by atoms with Crippen molar-refractivity contribution in [1.29, 1.82) is 0 Å². The lowest BCUT2D eigenvalue weighted by molar-refractivity contribution is -0.121. The third-order valence-corrected chi connectivity index (χ3v) is 5.00. The summed E-state index contributed by atoms with van der Waals surface area (Å²) in [6, 6.07) is 16.6. The Morgan fingerprint density at radius 3 is 2.59 bits per heavy atom. The van der Waals surface area contributed by atoms with Gasteiger partial charge in [0.2, 0.25) is 5.91 Å². The number of carbonyl (C=O) groups is 2. The molecule has 0 atom stereocenters. The van der Waals surface area contributed by atoms with Crippen LogP contribution in [-0.2, 0) is 11.2 Å². The largest absolute Gasteiger partial charge is 0.493 e. The predicted octanol–water partition coefficient (Wildman–Crippen LogP) is 4.39. The second kappa shape index (κ2) is 9.01. The van der Waals surface area contributed by atoms with Crippen molar-refractivity contribution in [2.75, 3.05) is 7.11 Å². The predicted molar refractivity (Wildman–Crippen MR) is 122 cm³/mol. The Hall–Kier alpha value is -4.00. The Bertz CT molecular complexity index is 1290. The first kappa shape index (κ1) is 21.2. The summed E-state index contributed by atoms with van der Waals surface area (Å²) < 4.78 is 16.6. The highest BCUT2D eigenvalue weighted by Gasteiger charge is 2.15. The van der Waals surface area contributed by atoms with Gasteiger partial charge in [0.25, 0.3) is 5.91 Å². The third-order valence-electron chi connectivity index (χ3n) is 5.00. The SMILES string of the molecule is COc1cc(C(=O)NNC(=O)Cc2coc3ccc4ccccc4c23)ccc1OC(C)C. The molecule has 2 amide bonds. The molecule has 2 N–H and O–H groups in total. The Kier molecular flexibility index (Phi) is 5.98. The van der Waals surface area contributed by atoms with Gasteiger partial charge in [0, 0.05) is 16.5 Å². The fourth-order valence-electron chi connectivity index (χ4n) is 3.58. The molecule has 0 fully saturated rings. The molecule has 0 unspecified atom stereocenters. The maximum atomic E-state index is 12.5. The molecule has 1 heterocycles. The fourth-order valence-corrected chi connectivity index (χ4v) is 3.58. The van der Waals surface area contributed by atoms with Crippen LogP contribution < -0.4 is 20.3 Å². The monoisotopic (exact) mass is 432 g/mol. The van der Waals surface area contributed by atoms with Crippen LogP contribution in [0.2, 0.25) is 0 Å². The van der Waals surface area contributed by atoms with E-state index in [-0.39, 0.29) is 18.4 Å². The van der Waals surface area contributed by atoms with E-state index in [0.29, 0.717) is 22.6 Å². The topological polar surface area (TPSA) is 89.8 Å². The van der Waals surface area contributed by atoms with E-state index in [1.807, 2.05) is 50.2 Å². The number of ether oxygens (including phenoxy) is 2. The van der Waals surface area contributed by atoms with E-state index in [1.165, 1.54) is 7.11 Å². The molecule has 0 aliphatic carbocycles. The van der Waals surface area contributed by atoms with E-state index in [1.54, 1.807) is 24.5 Å². The van der Waals surface area contributed by atoms with Crippen LogP contribution in [0.5, 0.6) is 11.5 Å². The average Bonchev–Trinajstić information content (AvgIpc) is 3.20. The van der Waals surface area contributed by atoms with Crippen LogP contribution in [0.4, 0.5) is 0 Å². The molecular weight excluding hydrogens is 408 g/mol. The highest BCUT2D eigenvalue weighted by molar-refractivity contribution is 6.08. The molecule has 0 aliphatic rings. The van der Waals surface area contributed by atoms with E-state index in [2.05, 4.69) is 10.9 Å². The first-order chi connectivity index (χ1) is 15.5. The highest BCUT2D eigenvalue weighted by atomic mass is 16.5. The first-order valence-corrected chi connectivity index (χ1v) is 10.3. The van der Waals surface area contributed by atoms with Crippen molar-refractivity contribution in [2.24, 2.45) is 0 Å². The Balaban J connectivity index is 1.44. The lowest BCUT2D eigenvalue weighted by Crippen LogP contribution is -2.42. The van der Waals surface area contributed by atoms with E-state index < -0.39 is 5.91 Å². The second-order valence-corrected chi connectivity index (χ2v) is 7.63. The number of nitrogens with one attached hydrogen (secondary N) is 2. The number of hydrogen-bond acceptors (Lipinski definition) is 5. The Morgan fingerprint density at radius 2 is 1.81 bits per heavy atom. The van der Waals surface area contributed by atoms with Crippen LogP contribution in [0.3, 0.4) is 0 Å². The summed E-state index contributed by atoms with van der Waals surface area (Å²) in [4.78, 5) is 25.0. The van der Waals surface area contributed by atoms with Gasteiger partial charge in [-0.25, -0.2) is 0 Å². The van der Waals surface area contributed by atoms with Gasteiger partial charge < -0.3 is 13.9 Å². The molecule has 0 spiro atoms. The summed E-state index contributed by atoms with van der Waals surface area (Å²) in [5.41, 5.74) is 6.70. The van der Waals surface area contributed by atoms with Gasteiger partial charge in [0.1, 0.15) is 5.58 Å². The number of rotatable bonds is 6. The zero-order valence-electron chi connectivity index (χ0n) is 18.1. The molecule has 1 aromatic heterocycles. The van der Waals surface area contributed by atoms with Crippen LogP contribution >= 0.6 is 0 Å².